The number of thiophene rings is 1. The van der Waals surface area contributed by atoms with Gasteiger partial charge in [0.1, 0.15) is 0 Å². The molecule has 2 N–H and O–H groups in total. The minimum Gasteiger partial charge on any atom is -0.339 e. The van der Waals surface area contributed by atoms with Crippen LogP contribution in [0, 0.1) is 0 Å². The number of nitrogens with zero attached hydrogens (tertiary/aromatic N) is 2. The number of nitrogens with two attached hydrogens (primary N) is 1. The van der Waals surface area contributed by atoms with E-state index in [4.69, 9.17) is 10.3 Å². The molecule has 4 nitrogen and oxygen atoms in total. The van der Waals surface area contributed by atoms with Gasteiger partial charge in [0.2, 0.25) is 11.7 Å². The monoisotopic (exact) mass is 315 g/mol. The van der Waals surface area contributed by atoms with E-state index in [9.17, 15) is 0 Å². The molecule has 0 aromatic carbocycles. The summed E-state index contributed by atoms with van der Waals surface area (Å²) in [4.78, 5) is 5.41. The van der Waals surface area contributed by atoms with Crippen molar-refractivity contribution in [2.75, 3.05) is 0 Å². The Labute approximate surface area is 112 Å². The molecule has 0 radical (unpaired) electrons. The second-order valence-corrected chi connectivity index (χ2v) is 5.79. The van der Waals surface area contributed by atoms with Gasteiger partial charge in [0.05, 0.1) is 10.8 Å². The van der Waals surface area contributed by atoms with Gasteiger partial charge in [-0.3, -0.25) is 0 Å². The van der Waals surface area contributed by atoms with Crippen molar-refractivity contribution < 1.29 is 4.52 Å². The predicted molar refractivity (Wildman–Crippen MR) is 72.0 cm³/mol. The van der Waals surface area contributed by atoms with E-state index in [-0.39, 0.29) is 12.0 Å². The van der Waals surface area contributed by atoms with Gasteiger partial charge in [-0.15, -0.1) is 11.3 Å². The Balaban J connectivity index is 2.26. The van der Waals surface area contributed by atoms with Crippen molar-refractivity contribution in [3.8, 4) is 10.7 Å². The highest BCUT2D eigenvalue weighted by molar-refractivity contribution is 9.10. The van der Waals surface area contributed by atoms with Crippen LogP contribution in [-0.2, 0) is 0 Å². The van der Waals surface area contributed by atoms with Crippen molar-refractivity contribution in [1.29, 1.82) is 0 Å². The van der Waals surface area contributed by atoms with Gasteiger partial charge < -0.3 is 10.3 Å². The third-order valence-corrected chi connectivity index (χ3v) is 4.31. The van der Waals surface area contributed by atoms with Crippen LogP contribution >= 0.6 is 27.3 Å². The quantitative estimate of drug-likeness (QED) is 0.939. The highest BCUT2D eigenvalue weighted by Crippen LogP contribution is 2.29. The van der Waals surface area contributed by atoms with Crippen LogP contribution in [-0.4, -0.2) is 16.2 Å². The average Bonchev–Trinajstić information content (AvgIpc) is 2.87. The molecule has 0 aliphatic carbocycles. The number of aromatic nitrogens is 2. The molecule has 0 amide bonds. The summed E-state index contributed by atoms with van der Waals surface area (Å²) in [7, 11) is 0. The summed E-state index contributed by atoms with van der Waals surface area (Å²) in [5.74, 6) is 1.39. The van der Waals surface area contributed by atoms with Crippen LogP contribution in [0.4, 0.5) is 0 Å². The molecule has 2 aromatic heterocycles. The Morgan fingerprint density at radius 1 is 1.59 bits per heavy atom. The van der Waals surface area contributed by atoms with Crippen molar-refractivity contribution in [3.05, 3.63) is 21.8 Å². The van der Waals surface area contributed by atoms with Gasteiger partial charge in [-0.2, -0.15) is 4.98 Å². The molecule has 0 saturated heterocycles. The molecule has 6 heteroatoms. The molecule has 2 heterocycles. The van der Waals surface area contributed by atoms with Gasteiger partial charge in [0.15, 0.2) is 0 Å². The fraction of sp³-hybridized carbons (Fsp3) is 0.455. The van der Waals surface area contributed by atoms with Crippen LogP contribution in [0.15, 0.2) is 20.4 Å². The molecular formula is C11H14BrN3OS. The van der Waals surface area contributed by atoms with E-state index in [1.165, 1.54) is 0 Å². The van der Waals surface area contributed by atoms with Crippen LogP contribution in [0.3, 0.4) is 0 Å². The third-order valence-electron chi connectivity index (χ3n) is 2.62. The Bertz CT molecular complexity index is 494. The first-order valence-electron chi connectivity index (χ1n) is 5.45. The Morgan fingerprint density at radius 3 is 2.88 bits per heavy atom. The second-order valence-electron chi connectivity index (χ2n) is 3.96. The summed E-state index contributed by atoms with van der Waals surface area (Å²) in [6.45, 7) is 4.03. The van der Waals surface area contributed by atoms with Crippen LogP contribution in [0.1, 0.15) is 32.1 Å². The SMILES string of the molecule is CCC(c1nc(-c2cc(Br)cs2)no1)C(C)N. The van der Waals surface area contributed by atoms with Gasteiger partial charge in [-0.1, -0.05) is 12.1 Å². The molecule has 2 atom stereocenters. The summed E-state index contributed by atoms with van der Waals surface area (Å²) < 4.78 is 6.32. The zero-order chi connectivity index (χ0) is 12.4. The Morgan fingerprint density at radius 2 is 2.35 bits per heavy atom. The fourth-order valence-corrected chi connectivity index (χ4v) is 3.04. The molecule has 17 heavy (non-hydrogen) atoms. The Hall–Kier alpha value is -0.720. The van der Waals surface area contributed by atoms with Crippen LogP contribution < -0.4 is 5.73 Å². The van der Waals surface area contributed by atoms with E-state index in [0.717, 1.165) is 15.8 Å². The van der Waals surface area contributed by atoms with Crippen molar-refractivity contribution in [2.45, 2.75) is 32.2 Å². The number of rotatable bonds is 4. The van der Waals surface area contributed by atoms with Gasteiger partial charge in [-0.25, -0.2) is 0 Å². The lowest BCUT2D eigenvalue weighted by Crippen LogP contribution is -2.24. The summed E-state index contributed by atoms with van der Waals surface area (Å²) in [5, 5.41) is 5.99. The van der Waals surface area contributed by atoms with Crippen LogP contribution in [0.2, 0.25) is 0 Å². The zero-order valence-corrected chi connectivity index (χ0v) is 12.1. The van der Waals surface area contributed by atoms with Crippen LogP contribution in [0.5, 0.6) is 0 Å². The van der Waals surface area contributed by atoms with Gasteiger partial charge in [0.25, 0.3) is 0 Å². The molecule has 0 saturated carbocycles. The number of hydrogen-bond donors (Lipinski definition) is 1. The first-order valence-corrected chi connectivity index (χ1v) is 7.12. The first-order chi connectivity index (χ1) is 8.11. The molecule has 0 aliphatic heterocycles. The van der Waals surface area contributed by atoms with Crippen molar-refractivity contribution in [3.63, 3.8) is 0 Å². The third kappa shape index (κ3) is 2.75. The molecule has 2 aromatic rings. The van der Waals surface area contributed by atoms with Gasteiger partial charge >= 0.3 is 0 Å². The maximum absolute atomic E-state index is 5.90. The lowest BCUT2D eigenvalue weighted by molar-refractivity contribution is 0.334. The molecule has 0 bridgehead atoms. The lowest BCUT2D eigenvalue weighted by Gasteiger charge is -2.13. The fourth-order valence-electron chi connectivity index (χ4n) is 1.69. The van der Waals surface area contributed by atoms with Crippen molar-refractivity contribution in [2.24, 2.45) is 5.73 Å². The van der Waals surface area contributed by atoms with Crippen LogP contribution in [0.25, 0.3) is 10.7 Å². The largest absolute Gasteiger partial charge is 0.339 e. The smallest absolute Gasteiger partial charge is 0.231 e. The van der Waals surface area contributed by atoms with E-state index in [1.807, 2.05) is 18.4 Å². The molecule has 92 valence electrons. The highest BCUT2D eigenvalue weighted by Gasteiger charge is 2.21. The summed E-state index contributed by atoms with van der Waals surface area (Å²) in [6.07, 6.45) is 0.896. The molecule has 2 unspecified atom stereocenters. The molecule has 0 fully saturated rings. The summed E-state index contributed by atoms with van der Waals surface area (Å²) in [6, 6.07) is 2.00. The molecule has 0 aliphatic rings. The highest BCUT2D eigenvalue weighted by atomic mass is 79.9. The standard InChI is InChI=1S/C11H14BrN3OS/c1-3-8(6(2)13)11-14-10(15-16-11)9-4-7(12)5-17-9/h4-6,8H,3,13H2,1-2H3. The molecular weight excluding hydrogens is 302 g/mol. The minimum absolute atomic E-state index is 0.0170. The van der Waals surface area contributed by atoms with E-state index in [0.29, 0.717) is 11.7 Å². The zero-order valence-electron chi connectivity index (χ0n) is 9.68. The maximum Gasteiger partial charge on any atom is 0.231 e. The van der Waals surface area contributed by atoms with E-state index in [1.54, 1.807) is 11.3 Å². The lowest BCUT2D eigenvalue weighted by atomic mass is 9.99. The summed E-state index contributed by atoms with van der Waals surface area (Å²) in [5.41, 5.74) is 5.90. The summed E-state index contributed by atoms with van der Waals surface area (Å²) >= 11 is 4.99. The first kappa shape index (κ1) is 12.7. The predicted octanol–water partition coefficient (Wildman–Crippen LogP) is 3.40. The topological polar surface area (TPSA) is 64.9 Å². The van der Waals surface area contributed by atoms with Crippen molar-refractivity contribution >= 4 is 27.3 Å². The van der Waals surface area contributed by atoms with E-state index in [2.05, 4.69) is 33.0 Å². The number of hydrogen-bond acceptors (Lipinski definition) is 5. The van der Waals surface area contributed by atoms with Gasteiger partial charge in [-0.05, 0) is 35.3 Å². The maximum atomic E-state index is 5.90. The van der Waals surface area contributed by atoms with E-state index < -0.39 is 0 Å². The second kappa shape index (κ2) is 5.29. The van der Waals surface area contributed by atoms with E-state index >= 15 is 0 Å². The minimum atomic E-state index is 0.0170. The molecule has 0 spiro atoms. The Kier molecular flexibility index (Phi) is 3.96. The average molecular weight is 316 g/mol. The molecule has 2 rings (SSSR count). The number of halogens is 1. The normalized spacial score (nSPS) is 14.8. The van der Waals surface area contributed by atoms with Gasteiger partial charge in [0, 0.05) is 15.9 Å². The van der Waals surface area contributed by atoms with Crippen molar-refractivity contribution in [1.82, 2.24) is 10.1 Å².